The van der Waals surface area contributed by atoms with Crippen LogP contribution in [0, 0.1) is 11.7 Å². The molecule has 3 N–H and O–H groups in total. The van der Waals surface area contributed by atoms with Crippen molar-refractivity contribution in [3.05, 3.63) is 29.6 Å². The Labute approximate surface area is 186 Å². The van der Waals surface area contributed by atoms with E-state index >= 15 is 0 Å². The molecular weight excluding hydrogens is 503 g/mol. The predicted molar refractivity (Wildman–Crippen MR) is 116 cm³/mol. The summed E-state index contributed by atoms with van der Waals surface area (Å²) in [6.45, 7) is 3.67. The van der Waals surface area contributed by atoms with E-state index in [4.69, 9.17) is 0 Å². The van der Waals surface area contributed by atoms with Crippen molar-refractivity contribution in [2.75, 3.05) is 32.7 Å². The molecule has 1 heterocycles. The Bertz CT molecular complexity index is 650. The monoisotopic (exact) mass is 532 g/mol. The van der Waals surface area contributed by atoms with E-state index in [-0.39, 0.29) is 36.3 Å². The largest absolute Gasteiger partial charge is 0.505 e. The second-order valence-corrected chi connectivity index (χ2v) is 7.03. The van der Waals surface area contributed by atoms with Gasteiger partial charge in [-0.1, -0.05) is 6.07 Å². The van der Waals surface area contributed by atoms with E-state index in [1.165, 1.54) is 17.0 Å². The standard InChI is InChI=1S/C19H28F4N4O.HI/c1-2-24-18(26-12-15-3-4-17(28)16(20)11-15)25-8-5-14-6-9-27(10-7-14)13-19(21,22)23;/h3-4,11,14,28H,2,5-10,12-13H2,1H3,(H2,24,25,26);1H. The molecular formula is C19H29F4IN4O. The van der Waals surface area contributed by atoms with E-state index in [1.807, 2.05) is 6.92 Å². The summed E-state index contributed by atoms with van der Waals surface area (Å²) in [6.07, 6.45) is -1.75. The van der Waals surface area contributed by atoms with Crippen molar-refractivity contribution in [1.29, 1.82) is 0 Å². The minimum atomic E-state index is -4.13. The van der Waals surface area contributed by atoms with Gasteiger partial charge < -0.3 is 15.7 Å². The highest BCUT2D eigenvalue weighted by atomic mass is 127. The fourth-order valence-corrected chi connectivity index (χ4v) is 3.24. The number of alkyl halides is 3. The van der Waals surface area contributed by atoms with E-state index in [0.29, 0.717) is 43.6 Å². The highest BCUT2D eigenvalue weighted by molar-refractivity contribution is 14.0. The number of aromatic hydroxyl groups is 1. The zero-order valence-electron chi connectivity index (χ0n) is 16.4. The maximum atomic E-state index is 13.4. The molecule has 0 amide bonds. The molecule has 2 rings (SSSR count). The summed E-state index contributed by atoms with van der Waals surface area (Å²) in [7, 11) is 0. The Kier molecular flexibility index (Phi) is 11.0. The summed E-state index contributed by atoms with van der Waals surface area (Å²) in [5.74, 6) is -0.0712. The van der Waals surface area contributed by atoms with Crippen LogP contribution in [0.25, 0.3) is 0 Å². The molecule has 1 aromatic rings. The van der Waals surface area contributed by atoms with Gasteiger partial charge in [-0.2, -0.15) is 13.2 Å². The van der Waals surface area contributed by atoms with Gasteiger partial charge in [-0.25, -0.2) is 9.38 Å². The van der Waals surface area contributed by atoms with Crippen molar-refractivity contribution < 1.29 is 22.7 Å². The van der Waals surface area contributed by atoms with Crippen LogP contribution in [-0.2, 0) is 6.54 Å². The maximum absolute atomic E-state index is 13.4. The molecule has 10 heteroatoms. The number of rotatable bonds is 7. The lowest BCUT2D eigenvalue weighted by Gasteiger charge is -2.32. The average molecular weight is 532 g/mol. The van der Waals surface area contributed by atoms with Gasteiger partial charge in [0.25, 0.3) is 0 Å². The molecule has 1 aliphatic rings. The molecule has 1 aromatic carbocycles. The number of guanidine groups is 1. The molecule has 0 radical (unpaired) electrons. The third kappa shape index (κ3) is 9.83. The first-order valence-corrected chi connectivity index (χ1v) is 9.55. The molecule has 0 aromatic heterocycles. The smallest absolute Gasteiger partial charge is 0.401 e. The van der Waals surface area contributed by atoms with E-state index in [2.05, 4.69) is 15.6 Å². The number of benzene rings is 1. The molecule has 1 saturated heterocycles. The Balaban J connectivity index is 0.00000420. The minimum Gasteiger partial charge on any atom is -0.505 e. The van der Waals surface area contributed by atoms with Gasteiger partial charge in [0, 0.05) is 13.1 Å². The van der Waals surface area contributed by atoms with Crippen molar-refractivity contribution >= 4 is 29.9 Å². The molecule has 0 atom stereocenters. The zero-order valence-corrected chi connectivity index (χ0v) is 18.8. The summed E-state index contributed by atoms with van der Waals surface area (Å²) in [4.78, 5) is 5.87. The zero-order chi connectivity index (χ0) is 20.6. The SMILES string of the molecule is CCNC(=NCc1ccc(O)c(F)c1)NCCC1CCN(CC(F)(F)F)CC1.I. The Morgan fingerprint density at radius 1 is 1.24 bits per heavy atom. The Morgan fingerprint density at radius 2 is 1.93 bits per heavy atom. The van der Waals surface area contributed by atoms with E-state index in [1.54, 1.807) is 6.07 Å². The van der Waals surface area contributed by atoms with Crippen LogP contribution < -0.4 is 10.6 Å². The minimum absolute atomic E-state index is 0. The van der Waals surface area contributed by atoms with Crippen LogP contribution in [0.5, 0.6) is 5.75 Å². The molecule has 0 saturated carbocycles. The van der Waals surface area contributed by atoms with Crippen molar-refractivity contribution in [2.45, 2.75) is 38.9 Å². The number of hydrogen-bond donors (Lipinski definition) is 3. The summed E-state index contributed by atoms with van der Waals surface area (Å²) < 4.78 is 50.7. The van der Waals surface area contributed by atoms with Gasteiger partial charge in [-0.3, -0.25) is 4.90 Å². The van der Waals surface area contributed by atoms with Gasteiger partial charge in [0.1, 0.15) is 0 Å². The van der Waals surface area contributed by atoms with E-state index < -0.39 is 18.5 Å². The van der Waals surface area contributed by atoms with E-state index in [0.717, 1.165) is 19.3 Å². The number of halogens is 5. The van der Waals surface area contributed by atoms with Gasteiger partial charge in [-0.05, 0) is 62.9 Å². The number of piperidine rings is 1. The first kappa shape index (κ1) is 25.7. The number of phenols is 1. The van der Waals surface area contributed by atoms with Crippen LogP contribution in [0.4, 0.5) is 17.6 Å². The normalized spacial score (nSPS) is 16.4. The van der Waals surface area contributed by atoms with Crippen LogP contribution in [0.3, 0.4) is 0 Å². The summed E-state index contributed by atoms with van der Waals surface area (Å²) >= 11 is 0. The molecule has 166 valence electrons. The van der Waals surface area contributed by atoms with Gasteiger partial charge in [0.05, 0.1) is 13.1 Å². The third-order valence-electron chi connectivity index (χ3n) is 4.73. The topological polar surface area (TPSA) is 59.9 Å². The van der Waals surface area contributed by atoms with E-state index in [9.17, 15) is 22.7 Å². The quantitative estimate of drug-likeness (QED) is 0.216. The number of phenolic OH excluding ortho intramolecular Hbond substituents is 1. The molecule has 0 aliphatic carbocycles. The predicted octanol–water partition coefficient (Wildman–Crippen LogP) is 3.87. The summed E-state index contributed by atoms with van der Waals surface area (Å²) in [5, 5.41) is 15.6. The molecule has 1 fully saturated rings. The number of nitrogens with one attached hydrogen (secondary N) is 2. The van der Waals surface area contributed by atoms with Crippen LogP contribution in [0.2, 0.25) is 0 Å². The number of nitrogens with zero attached hydrogens (tertiary/aromatic N) is 2. The Hall–Kier alpha value is -1.30. The molecule has 0 spiro atoms. The van der Waals surface area contributed by atoms with Crippen molar-refractivity contribution in [2.24, 2.45) is 10.9 Å². The fourth-order valence-electron chi connectivity index (χ4n) is 3.24. The van der Waals surface area contributed by atoms with Gasteiger partial charge in [-0.15, -0.1) is 24.0 Å². The first-order chi connectivity index (χ1) is 13.3. The maximum Gasteiger partial charge on any atom is 0.401 e. The first-order valence-electron chi connectivity index (χ1n) is 9.55. The van der Waals surface area contributed by atoms with Gasteiger partial charge in [0.15, 0.2) is 17.5 Å². The Morgan fingerprint density at radius 3 is 2.52 bits per heavy atom. The molecule has 0 unspecified atom stereocenters. The fraction of sp³-hybridized carbons (Fsp3) is 0.632. The highest BCUT2D eigenvalue weighted by Crippen LogP contribution is 2.24. The van der Waals surface area contributed by atoms with Gasteiger partial charge in [0.2, 0.25) is 0 Å². The number of aliphatic imine (C=N–C) groups is 1. The average Bonchev–Trinajstić information content (AvgIpc) is 2.62. The van der Waals surface area contributed by atoms with Crippen LogP contribution in [0.15, 0.2) is 23.2 Å². The summed E-state index contributed by atoms with van der Waals surface area (Å²) in [5.41, 5.74) is 0.643. The lowest BCUT2D eigenvalue weighted by atomic mass is 9.93. The summed E-state index contributed by atoms with van der Waals surface area (Å²) in [6, 6.07) is 4.16. The molecule has 1 aliphatic heterocycles. The second kappa shape index (κ2) is 12.4. The molecule has 5 nitrogen and oxygen atoms in total. The van der Waals surface area contributed by atoms with Crippen molar-refractivity contribution in [1.82, 2.24) is 15.5 Å². The van der Waals surface area contributed by atoms with Crippen molar-refractivity contribution in [3.8, 4) is 5.75 Å². The third-order valence-corrected chi connectivity index (χ3v) is 4.73. The second-order valence-electron chi connectivity index (χ2n) is 7.03. The van der Waals surface area contributed by atoms with Crippen LogP contribution >= 0.6 is 24.0 Å². The molecule has 29 heavy (non-hydrogen) atoms. The lowest BCUT2D eigenvalue weighted by molar-refractivity contribution is -0.148. The van der Waals surface area contributed by atoms with Crippen LogP contribution in [0.1, 0.15) is 31.7 Å². The van der Waals surface area contributed by atoms with Gasteiger partial charge >= 0.3 is 6.18 Å². The van der Waals surface area contributed by atoms with Crippen LogP contribution in [-0.4, -0.2) is 54.9 Å². The highest BCUT2D eigenvalue weighted by Gasteiger charge is 2.32. The molecule has 0 bridgehead atoms. The lowest BCUT2D eigenvalue weighted by Crippen LogP contribution is -2.41. The van der Waals surface area contributed by atoms with Crippen molar-refractivity contribution in [3.63, 3.8) is 0 Å². The number of likely N-dealkylation sites (tertiary alicyclic amines) is 1. The number of hydrogen-bond acceptors (Lipinski definition) is 3.